The van der Waals surface area contributed by atoms with Crippen LogP contribution < -0.4 is 0 Å². The average molecular weight is 704 g/mol. The van der Waals surface area contributed by atoms with E-state index in [4.69, 9.17) is 15.0 Å². The highest BCUT2D eigenvalue weighted by Crippen LogP contribution is 2.43. The number of rotatable bonds is 4. The molecule has 0 fully saturated rings. The zero-order valence-corrected chi connectivity index (χ0v) is 29.4. The molecule has 0 N–H and O–H groups in total. The Morgan fingerprint density at radius 1 is 0.314 bits per heavy atom. The number of nitrogens with zero attached hydrogens (tertiary/aromatic N) is 3. The van der Waals surface area contributed by atoms with E-state index in [1.165, 1.54) is 66.1 Å². The number of fused-ring (bicyclic) bond motifs is 9. The molecule has 7 aromatic carbocycles. The molecular weight excluding hydrogens is 679 g/mol. The first kappa shape index (κ1) is 29.0. The van der Waals surface area contributed by atoms with Crippen molar-refractivity contribution in [2.24, 2.45) is 0 Å². The minimum Gasteiger partial charge on any atom is -0.208 e. The summed E-state index contributed by atoms with van der Waals surface area (Å²) in [5, 5.41) is 7.47. The van der Waals surface area contributed by atoms with Crippen LogP contribution in [-0.2, 0) is 0 Å². The van der Waals surface area contributed by atoms with Gasteiger partial charge in [0.2, 0.25) is 0 Å². The van der Waals surface area contributed by atoms with Crippen molar-refractivity contribution in [2.45, 2.75) is 0 Å². The highest BCUT2D eigenvalue weighted by Gasteiger charge is 2.20. The van der Waals surface area contributed by atoms with Crippen molar-refractivity contribution in [1.82, 2.24) is 15.0 Å². The van der Waals surface area contributed by atoms with Gasteiger partial charge in [0.1, 0.15) is 0 Å². The first-order valence-electron chi connectivity index (χ1n) is 16.9. The lowest BCUT2D eigenvalue weighted by Crippen LogP contribution is -2.00. The number of aromatic nitrogens is 3. The highest BCUT2D eigenvalue weighted by atomic mass is 32.1. The molecule has 4 heterocycles. The Bertz CT molecular complexity index is 3170. The smallest absolute Gasteiger partial charge is 0.165 e. The molecule has 0 aliphatic rings. The Hall–Kier alpha value is -5.79. The van der Waals surface area contributed by atoms with Gasteiger partial charge in [-0.3, -0.25) is 0 Å². The molecule has 0 amide bonds. The normalized spacial score (nSPS) is 11.9. The maximum absolute atomic E-state index is 5.30. The van der Waals surface area contributed by atoms with Gasteiger partial charge in [0.25, 0.3) is 0 Å². The third kappa shape index (κ3) is 4.58. The zero-order chi connectivity index (χ0) is 33.5. The van der Waals surface area contributed by atoms with Crippen LogP contribution >= 0.6 is 34.0 Å². The molecule has 238 valence electrons. The molecule has 0 atom stereocenters. The van der Waals surface area contributed by atoms with Crippen LogP contribution in [0.2, 0.25) is 0 Å². The first-order chi connectivity index (χ1) is 25.3. The Morgan fingerprint density at radius 2 is 0.784 bits per heavy atom. The summed E-state index contributed by atoms with van der Waals surface area (Å²) < 4.78 is 7.51. The summed E-state index contributed by atoms with van der Waals surface area (Å²) in [6.07, 6.45) is 0. The minimum absolute atomic E-state index is 0.661. The molecule has 11 aromatic rings. The van der Waals surface area contributed by atoms with Crippen LogP contribution in [0.25, 0.3) is 106 Å². The fourth-order valence-electron chi connectivity index (χ4n) is 7.47. The summed E-state index contributed by atoms with van der Waals surface area (Å²) in [6.45, 7) is 0. The quantitative estimate of drug-likeness (QED) is 0.183. The molecule has 6 heteroatoms. The van der Waals surface area contributed by atoms with Gasteiger partial charge in [-0.05, 0) is 53.6 Å². The van der Waals surface area contributed by atoms with Crippen molar-refractivity contribution in [2.75, 3.05) is 0 Å². The van der Waals surface area contributed by atoms with Crippen LogP contribution in [0, 0.1) is 0 Å². The summed E-state index contributed by atoms with van der Waals surface area (Å²) in [5.74, 6) is 2.02. The topological polar surface area (TPSA) is 38.7 Å². The molecule has 0 saturated carbocycles. The van der Waals surface area contributed by atoms with Crippen molar-refractivity contribution in [3.63, 3.8) is 0 Å². The molecule has 0 radical (unpaired) electrons. The Balaban J connectivity index is 1.17. The fraction of sp³-hybridized carbons (Fsp3) is 0. The summed E-state index contributed by atoms with van der Waals surface area (Å²) in [7, 11) is 0. The molecule has 4 aromatic heterocycles. The second-order valence-corrected chi connectivity index (χ2v) is 15.9. The van der Waals surface area contributed by atoms with Gasteiger partial charge in [0.05, 0.1) is 0 Å². The van der Waals surface area contributed by atoms with Crippen LogP contribution in [-0.4, -0.2) is 15.0 Å². The molecule has 51 heavy (non-hydrogen) atoms. The van der Waals surface area contributed by atoms with Gasteiger partial charge in [-0.25, -0.2) is 15.0 Å². The maximum atomic E-state index is 5.30. The number of hydrogen-bond acceptors (Lipinski definition) is 6. The molecule has 0 aliphatic carbocycles. The lowest BCUT2D eigenvalue weighted by molar-refractivity contribution is 1.08. The van der Waals surface area contributed by atoms with Gasteiger partial charge in [0.15, 0.2) is 17.5 Å². The lowest BCUT2D eigenvalue weighted by atomic mass is 9.98. The largest absolute Gasteiger partial charge is 0.208 e. The van der Waals surface area contributed by atoms with Crippen molar-refractivity contribution in [3.05, 3.63) is 152 Å². The number of thiophene rings is 3. The van der Waals surface area contributed by atoms with Crippen LogP contribution in [0.3, 0.4) is 0 Å². The van der Waals surface area contributed by atoms with Crippen molar-refractivity contribution in [1.29, 1.82) is 0 Å². The highest BCUT2D eigenvalue weighted by molar-refractivity contribution is 7.27. The Kier molecular flexibility index (Phi) is 6.46. The number of hydrogen-bond donors (Lipinski definition) is 0. The molecule has 0 spiro atoms. The zero-order valence-electron chi connectivity index (χ0n) is 27.0. The summed E-state index contributed by atoms with van der Waals surface area (Å²) in [5.41, 5.74) is 5.35. The first-order valence-corrected chi connectivity index (χ1v) is 19.3. The van der Waals surface area contributed by atoms with Gasteiger partial charge in [0, 0.05) is 77.2 Å². The maximum Gasteiger partial charge on any atom is 0.165 e. The standard InChI is InChI=1S/C45H25N3S3/c1-4-20-35-29(13-1)30-17-8-19-34(42(30)51-35)45-47-43(46-44(48-45)33-18-10-24-39-41(33)32-15-3-6-22-37(32)50-39)27-12-7-11-26(25-27)28-16-9-23-38-40(28)31-14-2-5-21-36(31)49-38/h1-25H. The van der Waals surface area contributed by atoms with E-state index in [2.05, 4.69) is 152 Å². The van der Waals surface area contributed by atoms with Gasteiger partial charge in [-0.2, -0.15) is 0 Å². The van der Waals surface area contributed by atoms with E-state index >= 15 is 0 Å². The molecule has 0 saturated heterocycles. The minimum atomic E-state index is 0.661. The third-order valence-corrected chi connectivity index (χ3v) is 13.3. The second kappa shape index (κ2) is 11.4. The van der Waals surface area contributed by atoms with Gasteiger partial charge >= 0.3 is 0 Å². The van der Waals surface area contributed by atoms with Crippen molar-refractivity contribution < 1.29 is 0 Å². The third-order valence-electron chi connectivity index (χ3n) is 9.76. The summed E-state index contributed by atoms with van der Waals surface area (Å²) in [4.78, 5) is 15.9. The molecule has 0 bridgehead atoms. The second-order valence-electron chi connectivity index (χ2n) is 12.7. The molecule has 0 unspecified atom stereocenters. The summed E-state index contributed by atoms with van der Waals surface area (Å²) in [6, 6.07) is 54.2. The predicted molar refractivity (Wildman–Crippen MR) is 220 cm³/mol. The van der Waals surface area contributed by atoms with E-state index in [1.807, 2.05) is 22.7 Å². The predicted octanol–water partition coefficient (Wildman–Crippen LogP) is 13.6. The van der Waals surface area contributed by atoms with Crippen molar-refractivity contribution >= 4 is 94.5 Å². The van der Waals surface area contributed by atoms with Gasteiger partial charge in [-0.1, -0.05) is 109 Å². The SMILES string of the molecule is c1cc(-c2nc(-c3cccc4c3sc3ccccc34)nc(-c3cccc4sc5ccccc5c34)n2)cc(-c2cccc3sc4ccccc4c23)c1. The van der Waals surface area contributed by atoms with Gasteiger partial charge in [-0.15, -0.1) is 34.0 Å². The lowest BCUT2D eigenvalue weighted by Gasteiger charge is -2.11. The van der Waals surface area contributed by atoms with E-state index in [1.54, 1.807) is 11.3 Å². The van der Waals surface area contributed by atoms with E-state index in [0.717, 1.165) is 22.3 Å². The van der Waals surface area contributed by atoms with Crippen molar-refractivity contribution in [3.8, 4) is 45.3 Å². The molecular formula is C45H25N3S3. The van der Waals surface area contributed by atoms with Gasteiger partial charge < -0.3 is 0 Å². The molecule has 11 rings (SSSR count). The average Bonchev–Trinajstić information content (AvgIpc) is 3.89. The van der Waals surface area contributed by atoms with E-state index in [0.29, 0.717) is 17.5 Å². The monoisotopic (exact) mass is 703 g/mol. The van der Waals surface area contributed by atoms with Crippen LogP contribution in [0.1, 0.15) is 0 Å². The Morgan fingerprint density at radius 3 is 1.51 bits per heavy atom. The summed E-state index contributed by atoms with van der Waals surface area (Å²) >= 11 is 5.45. The van der Waals surface area contributed by atoms with E-state index in [9.17, 15) is 0 Å². The fourth-order valence-corrected chi connectivity index (χ4v) is 10.9. The van der Waals surface area contributed by atoms with E-state index in [-0.39, 0.29) is 0 Å². The molecule has 3 nitrogen and oxygen atoms in total. The van der Waals surface area contributed by atoms with Crippen LogP contribution in [0.5, 0.6) is 0 Å². The van der Waals surface area contributed by atoms with Crippen LogP contribution in [0.15, 0.2) is 152 Å². The number of benzene rings is 7. The molecule has 0 aliphatic heterocycles. The Labute approximate surface area is 304 Å². The van der Waals surface area contributed by atoms with Crippen LogP contribution in [0.4, 0.5) is 0 Å². The van der Waals surface area contributed by atoms with E-state index < -0.39 is 0 Å².